The van der Waals surface area contributed by atoms with Gasteiger partial charge in [-0.1, -0.05) is 12.1 Å². The smallest absolute Gasteiger partial charge is 0.408 e. The molecule has 0 spiro atoms. The number of sulfone groups is 1. The highest BCUT2D eigenvalue weighted by Gasteiger charge is 2.24. The van der Waals surface area contributed by atoms with E-state index in [1.54, 1.807) is 24.3 Å². The van der Waals surface area contributed by atoms with Gasteiger partial charge in [0.05, 0.1) is 17.0 Å². The van der Waals surface area contributed by atoms with Crippen LogP contribution in [0.3, 0.4) is 0 Å². The third-order valence-electron chi connectivity index (χ3n) is 3.65. The minimum atomic E-state index is -3.21. The van der Waals surface area contributed by atoms with Crippen LogP contribution in [0.4, 0.5) is 4.79 Å². The van der Waals surface area contributed by atoms with Crippen LogP contribution in [0.2, 0.25) is 0 Å². The zero-order chi connectivity index (χ0) is 22.3. The molecule has 10 heteroatoms. The summed E-state index contributed by atoms with van der Waals surface area (Å²) in [5.74, 6) is 0.596. The first kappa shape index (κ1) is 28.4. The molecule has 0 radical (unpaired) electrons. The molecule has 0 bridgehead atoms. The lowest BCUT2D eigenvalue weighted by atomic mass is 10.1. The standard InChI is InChI=1S/C20H34N4O4S.HI/c1-8-21-17(22-13-15-9-11-16(12-10-15)29(7,26)27)23-14-20(5,6)24-18(25)28-19(2,3)4;/h9-12H,8,13-14H2,1-7H3,(H,24,25)(H2,21,22,23);1H. The van der Waals surface area contributed by atoms with E-state index in [0.29, 0.717) is 25.6 Å². The maximum atomic E-state index is 12.0. The van der Waals surface area contributed by atoms with Gasteiger partial charge in [0.15, 0.2) is 15.8 Å². The molecule has 0 aliphatic heterocycles. The van der Waals surface area contributed by atoms with Crippen molar-refractivity contribution in [3.8, 4) is 0 Å². The van der Waals surface area contributed by atoms with Crippen molar-refractivity contribution in [2.24, 2.45) is 4.99 Å². The van der Waals surface area contributed by atoms with Crippen molar-refractivity contribution >= 4 is 45.9 Å². The predicted molar refractivity (Wildman–Crippen MR) is 131 cm³/mol. The number of aliphatic imine (C=N–C) groups is 1. The molecule has 1 aromatic carbocycles. The van der Waals surface area contributed by atoms with Gasteiger partial charge in [-0.15, -0.1) is 24.0 Å². The van der Waals surface area contributed by atoms with Gasteiger partial charge >= 0.3 is 6.09 Å². The van der Waals surface area contributed by atoms with Crippen LogP contribution in [-0.2, 0) is 21.1 Å². The molecule has 0 saturated carbocycles. The highest BCUT2D eigenvalue weighted by Crippen LogP contribution is 2.11. The Morgan fingerprint density at radius 1 is 1.07 bits per heavy atom. The van der Waals surface area contributed by atoms with E-state index in [2.05, 4.69) is 20.9 Å². The normalized spacial score (nSPS) is 12.6. The first-order valence-corrected chi connectivity index (χ1v) is 11.4. The Kier molecular flexibility index (Phi) is 11.1. The molecule has 1 amide bonds. The Balaban J connectivity index is 0.00000841. The summed E-state index contributed by atoms with van der Waals surface area (Å²) in [7, 11) is -3.21. The second kappa shape index (κ2) is 11.7. The number of guanidine groups is 1. The van der Waals surface area contributed by atoms with E-state index >= 15 is 0 Å². The van der Waals surface area contributed by atoms with Gasteiger partial charge in [0.1, 0.15) is 5.60 Å². The molecule has 8 nitrogen and oxygen atoms in total. The molecule has 1 aromatic rings. The monoisotopic (exact) mass is 554 g/mol. The molecule has 3 N–H and O–H groups in total. The molecule has 0 heterocycles. The molecule has 0 atom stereocenters. The van der Waals surface area contributed by atoms with Crippen molar-refractivity contribution in [1.29, 1.82) is 0 Å². The predicted octanol–water partition coefficient (Wildman–Crippen LogP) is 3.07. The van der Waals surface area contributed by atoms with Crippen molar-refractivity contribution in [3.05, 3.63) is 29.8 Å². The molecular weight excluding hydrogens is 519 g/mol. The lowest BCUT2D eigenvalue weighted by Gasteiger charge is -2.29. The SMILES string of the molecule is CCNC(=NCc1ccc(S(C)(=O)=O)cc1)NCC(C)(C)NC(=O)OC(C)(C)C.I. The average molecular weight is 554 g/mol. The molecular formula is C20H35IN4O4S. The lowest BCUT2D eigenvalue weighted by molar-refractivity contribution is 0.0474. The number of nitrogens with one attached hydrogen (secondary N) is 3. The summed E-state index contributed by atoms with van der Waals surface area (Å²) in [6.07, 6.45) is 0.706. The summed E-state index contributed by atoms with van der Waals surface area (Å²) in [4.78, 5) is 16.8. The number of hydrogen-bond donors (Lipinski definition) is 3. The maximum absolute atomic E-state index is 12.0. The molecule has 0 fully saturated rings. The number of hydrogen-bond acceptors (Lipinski definition) is 5. The molecule has 0 aromatic heterocycles. The van der Waals surface area contributed by atoms with Gasteiger partial charge in [-0.25, -0.2) is 18.2 Å². The van der Waals surface area contributed by atoms with Gasteiger partial charge in [0.25, 0.3) is 0 Å². The average Bonchev–Trinajstić information content (AvgIpc) is 2.54. The van der Waals surface area contributed by atoms with E-state index in [0.717, 1.165) is 5.56 Å². The van der Waals surface area contributed by atoms with Gasteiger partial charge in [0, 0.05) is 19.3 Å². The summed E-state index contributed by atoms with van der Waals surface area (Å²) in [6.45, 7) is 12.7. The Morgan fingerprint density at radius 3 is 2.10 bits per heavy atom. The number of ether oxygens (including phenoxy) is 1. The largest absolute Gasteiger partial charge is 0.444 e. The minimum Gasteiger partial charge on any atom is -0.444 e. The van der Waals surface area contributed by atoms with Gasteiger partial charge in [0.2, 0.25) is 0 Å². The van der Waals surface area contributed by atoms with E-state index in [4.69, 9.17) is 4.74 Å². The number of alkyl carbamates (subject to hydrolysis) is 1. The Labute approximate surface area is 197 Å². The fraction of sp³-hybridized carbons (Fsp3) is 0.600. The minimum absolute atomic E-state index is 0. The third-order valence-corrected chi connectivity index (χ3v) is 4.78. The highest BCUT2D eigenvalue weighted by molar-refractivity contribution is 14.0. The molecule has 1 rings (SSSR count). The molecule has 30 heavy (non-hydrogen) atoms. The van der Waals surface area contributed by atoms with Crippen LogP contribution in [0.15, 0.2) is 34.2 Å². The molecule has 0 saturated heterocycles. The first-order valence-electron chi connectivity index (χ1n) is 9.54. The van der Waals surface area contributed by atoms with E-state index in [-0.39, 0.29) is 28.9 Å². The fourth-order valence-electron chi connectivity index (χ4n) is 2.28. The highest BCUT2D eigenvalue weighted by atomic mass is 127. The zero-order valence-electron chi connectivity index (χ0n) is 18.8. The molecule has 0 aliphatic carbocycles. The summed E-state index contributed by atoms with van der Waals surface area (Å²) >= 11 is 0. The number of halogens is 1. The van der Waals surface area contributed by atoms with E-state index in [9.17, 15) is 13.2 Å². The number of amides is 1. The second-order valence-corrected chi connectivity index (χ2v) is 10.5. The number of nitrogens with zero attached hydrogens (tertiary/aromatic N) is 1. The van der Waals surface area contributed by atoms with Crippen LogP contribution < -0.4 is 16.0 Å². The van der Waals surface area contributed by atoms with Crippen molar-refractivity contribution < 1.29 is 17.9 Å². The van der Waals surface area contributed by atoms with Crippen LogP contribution in [0, 0.1) is 0 Å². The van der Waals surface area contributed by atoms with Crippen molar-refractivity contribution in [1.82, 2.24) is 16.0 Å². The summed E-state index contributed by atoms with van der Waals surface area (Å²) in [6, 6.07) is 6.65. The van der Waals surface area contributed by atoms with E-state index in [1.807, 2.05) is 41.5 Å². The van der Waals surface area contributed by atoms with Crippen molar-refractivity contribution in [2.45, 2.75) is 64.1 Å². The van der Waals surface area contributed by atoms with E-state index < -0.39 is 27.1 Å². The number of carbonyl (C=O) groups is 1. The van der Waals surface area contributed by atoms with Crippen LogP contribution in [0.5, 0.6) is 0 Å². The quantitative estimate of drug-likeness (QED) is 0.272. The molecule has 0 aliphatic rings. The van der Waals surface area contributed by atoms with Gasteiger partial charge in [-0.05, 0) is 59.2 Å². The molecule has 172 valence electrons. The summed E-state index contributed by atoms with van der Waals surface area (Å²) in [5, 5.41) is 9.20. The number of carbonyl (C=O) groups excluding carboxylic acids is 1. The van der Waals surface area contributed by atoms with Crippen LogP contribution >= 0.6 is 24.0 Å². The van der Waals surface area contributed by atoms with Crippen molar-refractivity contribution in [3.63, 3.8) is 0 Å². The lowest BCUT2D eigenvalue weighted by Crippen LogP contribution is -2.54. The summed E-state index contributed by atoms with van der Waals surface area (Å²) < 4.78 is 28.4. The Hall–Kier alpha value is -1.56. The van der Waals surface area contributed by atoms with Crippen LogP contribution in [-0.4, -0.2) is 51.0 Å². The fourth-order valence-corrected chi connectivity index (χ4v) is 2.91. The Morgan fingerprint density at radius 2 is 1.63 bits per heavy atom. The first-order chi connectivity index (χ1) is 13.2. The summed E-state index contributed by atoms with van der Waals surface area (Å²) in [5.41, 5.74) is -0.229. The topological polar surface area (TPSA) is 109 Å². The van der Waals surface area contributed by atoms with Crippen molar-refractivity contribution in [2.75, 3.05) is 19.3 Å². The van der Waals surface area contributed by atoms with Gasteiger partial charge in [-0.2, -0.15) is 0 Å². The van der Waals surface area contributed by atoms with Gasteiger partial charge in [-0.3, -0.25) is 0 Å². The zero-order valence-corrected chi connectivity index (χ0v) is 22.0. The maximum Gasteiger partial charge on any atom is 0.408 e. The number of rotatable bonds is 7. The van der Waals surface area contributed by atoms with E-state index in [1.165, 1.54) is 6.26 Å². The number of benzene rings is 1. The van der Waals surface area contributed by atoms with Gasteiger partial charge < -0.3 is 20.7 Å². The molecule has 0 unspecified atom stereocenters. The Bertz CT molecular complexity index is 816. The second-order valence-electron chi connectivity index (χ2n) is 8.48. The van der Waals surface area contributed by atoms with Crippen LogP contribution in [0.1, 0.15) is 47.1 Å². The van der Waals surface area contributed by atoms with Crippen LogP contribution in [0.25, 0.3) is 0 Å². The third kappa shape index (κ3) is 11.6.